The Morgan fingerprint density at radius 2 is 1.38 bits per heavy atom. The predicted molar refractivity (Wildman–Crippen MR) is 59.7 cm³/mol. The Labute approximate surface area is 84.1 Å². The summed E-state index contributed by atoms with van der Waals surface area (Å²) in [5.74, 6) is 4.30. The van der Waals surface area contributed by atoms with E-state index in [0.29, 0.717) is 0 Å². The zero-order chi connectivity index (χ0) is 9.84. The molecule has 0 bridgehead atoms. The fourth-order valence-electron chi connectivity index (χ4n) is 3.15. The summed E-state index contributed by atoms with van der Waals surface area (Å²) >= 11 is 0. The van der Waals surface area contributed by atoms with Gasteiger partial charge >= 0.3 is 0 Å². The second-order valence-corrected chi connectivity index (χ2v) is 4.93. The summed E-state index contributed by atoms with van der Waals surface area (Å²) in [4.78, 5) is 0. The molecule has 0 N–H and O–H groups in total. The average molecular weight is 182 g/mol. The molecule has 0 saturated heterocycles. The molecule has 2 unspecified atom stereocenters. The molecule has 0 aliphatic heterocycles. The van der Waals surface area contributed by atoms with Gasteiger partial charge in [-0.15, -0.1) is 0 Å². The van der Waals surface area contributed by atoms with Crippen LogP contribution in [0.2, 0.25) is 0 Å². The van der Waals surface area contributed by atoms with E-state index in [0.717, 1.165) is 23.7 Å². The molecule has 0 nitrogen and oxygen atoms in total. The molecule has 0 aromatic rings. The van der Waals surface area contributed by atoms with Gasteiger partial charge in [-0.05, 0) is 36.5 Å². The first-order valence-corrected chi connectivity index (χ1v) is 6.27. The molecule has 0 radical (unpaired) electrons. The highest BCUT2D eigenvalue weighted by Crippen LogP contribution is 2.48. The Morgan fingerprint density at radius 3 is 1.77 bits per heavy atom. The van der Waals surface area contributed by atoms with Gasteiger partial charge in [0, 0.05) is 0 Å². The Bertz CT molecular complexity index is 125. The van der Waals surface area contributed by atoms with Crippen LogP contribution in [0.1, 0.15) is 59.8 Å². The number of fused-ring (bicyclic) bond motifs is 1. The number of hydrogen-bond donors (Lipinski definition) is 0. The molecule has 0 spiro atoms. The summed E-state index contributed by atoms with van der Waals surface area (Å²) in [5, 5.41) is 0. The van der Waals surface area contributed by atoms with Crippen LogP contribution in [-0.2, 0) is 0 Å². The second kappa shape index (κ2) is 5.02. The second-order valence-electron chi connectivity index (χ2n) is 4.93. The summed E-state index contributed by atoms with van der Waals surface area (Å²) < 4.78 is 0. The molecular weight excluding hydrogens is 156 g/mol. The molecule has 0 heterocycles. The van der Waals surface area contributed by atoms with E-state index in [2.05, 4.69) is 13.8 Å². The summed E-state index contributed by atoms with van der Waals surface area (Å²) in [5.41, 5.74) is 0. The Hall–Kier alpha value is 0. The standard InChI is InChI=1S/C11H20.C2H6/c1-8(2)11-6-9-4-3-5-10(9)7-11;1-2/h8-11H,3-7H2,1-2H3;1-2H3. The minimum Gasteiger partial charge on any atom is -0.0683 e. The zero-order valence-electron chi connectivity index (χ0n) is 9.84. The fraction of sp³-hybridized carbons (Fsp3) is 1.00. The van der Waals surface area contributed by atoms with E-state index in [1.54, 1.807) is 25.7 Å². The molecule has 2 aliphatic carbocycles. The smallest absolute Gasteiger partial charge is 0.0383 e. The molecule has 2 atom stereocenters. The molecule has 0 heteroatoms. The van der Waals surface area contributed by atoms with Gasteiger partial charge in [-0.25, -0.2) is 0 Å². The van der Waals surface area contributed by atoms with Crippen molar-refractivity contribution in [2.75, 3.05) is 0 Å². The highest BCUT2D eigenvalue weighted by molar-refractivity contribution is 4.88. The lowest BCUT2D eigenvalue weighted by Gasteiger charge is -2.14. The van der Waals surface area contributed by atoms with Crippen LogP contribution in [-0.4, -0.2) is 0 Å². The fourth-order valence-corrected chi connectivity index (χ4v) is 3.15. The van der Waals surface area contributed by atoms with Gasteiger partial charge in [0.25, 0.3) is 0 Å². The van der Waals surface area contributed by atoms with Crippen LogP contribution in [0.3, 0.4) is 0 Å². The van der Waals surface area contributed by atoms with Gasteiger partial charge < -0.3 is 0 Å². The van der Waals surface area contributed by atoms with Crippen molar-refractivity contribution in [1.29, 1.82) is 0 Å². The van der Waals surface area contributed by atoms with Crippen LogP contribution in [0.5, 0.6) is 0 Å². The van der Waals surface area contributed by atoms with Gasteiger partial charge in [0.15, 0.2) is 0 Å². The molecule has 0 aromatic heterocycles. The van der Waals surface area contributed by atoms with E-state index in [-0.39, 0.29) is 0 Å². The minimum absolute atomic E-state index is 0.945. The largest absolute Gasteiger partial charge is 0.0683 e. The summed E-state index contributed by atoms with van der Waals surface area (Å²) in [6.07, 6.45) is 7.74. The summed E-state index contributed by atoms with van der Waals surface area (Å²) in [7, 11) is 0. The number of hydrogen-bond acceptors (Lipinski definition) is 0. The van der Waals surface area contributed by atoms with Crippen molar-refractivity contribution in [3.05, 3.63) is 0 Å². The Balaban J connectivity index is 0.000000396. The van der Waals surface area contributed by atoms with Crippen LogP contribution in [0.4, 0.5) is 0 Å². The van der Waals surface area contributed by atoms with E-state index in [9.17, 15) is 0 Å². The minimum atomic E-state index is 0.945. The molecule has 2 aliphatic rings. The van der Waals surface area contributed by atoms with Crippen molar-refractivity contribution in [1.82, 2.24) is 0 Å². The first kappa shape index (κ1) is 11.1. The van der Waals surface area contributed by atoms with Crippen LogP contribution in [0, 0.1) is 23.7 Å². The third-order valence-electron chi connectivity index (χ3n) is 3.97. The Kier molecular flexibility index (Phi) is 4.28. The molecule has 78 valence electrons. The SMILES string of the molecule is CC.CC(C)C1CC2CCCC2C1. The quantitative estimate of drug-likeness (QED) is 0.560. The van der Waals surface area contributed by atoms with E-state index in [1.165, 1.54) is 6.42 Å². The maximum Gasteiger partial charge on any atom is -0.0383 e. The highest BCUT2D eigenvalue weighted by atomic mass is 14.4. The van der Waals surface area contributed by atoms with Gasteiger partial charge in [-0.3, -0.25) is 0 Å². The highest BCUT2D eigenvalue weighted by Gasteiger charge is 2.37. The van der Waals surface area contributed by atoms with Gasteiger partial charge in [0.1, 0.15) is 0 Å². The van der Waals surface area contributed by atoms with Crippen molar-refractivity contribution in [2.45, 2.75) is 59.8 Å². The first-order chi connectivity index (χ1) is 6.27. The maximum atomic E-state index is 2.39. The van der Waals surface area contributed by atoms with Crippen molar-refractivity contribution < 1.29 is 0 Å². The van der Waals surface area contributed by atoms with Crippen LogP contribution in [0.15, 0.2) is 0 Å². The van der Waals surface area contributed by atoms with Crippen molar-refractivity contribution in [3.8, 4) is 0 Å². The average Bonchev–Trinajstić information content (AvgIpc) is 2.65. The van der Waals surface area contributed by atoms with Crippen LogP contribution in [0.25, 0.3) is 0 Å². The van der Waals surface area contributed by atoms with Gasteiger partial charge in [-0.2, -0.15) is 0 Å². The molecule has 13 heavy (non-hydrogen) atoms. The normalized spacial score (nSPS) is 37.2. The van der Waals surface area contributed by atoms with E-state index in [4.69, 9.17) is 0 Å². The molecule has 2 fully saturated rings. The molecule has 0 amide bonds. The van der Waals surface area contributed by atoms with Gasteiger partial charge in [-0.1, -0.05) is 47.0 Å². The van der Waals surface area contributed by atoms with E-state index < -0.39 is 0 Å². The van der Waals surface area contributed by atoms with E-state index in [1.807, 2.05) is 13.8 Å². The molecule has 0 aromatic carbocycles. The molecular formula is C13H26. The lowest BCUT2D eigenvalue weighted by atomic mass is 9.92. The van der Waals surface area contributed by atoms with Crippen LogP contribution >= 0.6 is 0 Å². The van der Waals surface area contributed by atoms with Crippen LogP contribution < -0.4 is 0 Å². The monoisotopic (exact) mass is 182 g/mol. The Morgan fingerprint density at radius 1 is 0.923 bits per heavy atom. The van der Waals surface area contributed by atoms with Gasteiger partial charge in [0.05, 0.1) is 0 Å². The third kappa shape index (κ3) is 2.48. The van der Waals surface area contributed by atoms with Crippen molar-refractivity contribution >= 4 is 0 Å². The topological polar surface area (TPSA) is 0 Å². The van der Waals surface area contributed by atoms with Gasteiger partial charge in [0.2, 0.25) is 0 Å². The number of rotatable bonds is 1. The third-order valence-corrected chi connectivity index (χ3v) is 3.97. The predicted octanol–water partition coefficient (Wildman–Crippen LogP) is 4.49. The lowest BCUT2D eigenvalue weighted by molar-refractivity contribution is 0.367. The van der Waals surface area contributed by atoms with E-state index >= 15 is 0 Å². The van der Waals surface area contributed by atoms with Crippen molar-refractivity contribution in [3.63, 3.8) is 0 Å². The molecule has 2 rings (SSSR count). The molecule has 2 saturated carbocycles. The first-order valence-electron chi connectivity index (χ1n) is 6.27. The zero-order valence-corrected chi connectivity index (χ0v) is 9.84. The van der Waals surface area contributed by atoms with Crippen molar-refractivity contribution in [2.24, 2.45) is 23.7 Å². The maximum absolute atomic E-state index is 2.39. The summed E-state index contributed by atoms with van der Waals surface area (Å²) in [6.45, 7) is 8.79. The lowest BCUT2D eigenvalue weighted by Crippen LogP contribution is -2.04. The summed E-state index contributed by atoms with van der Waals surface area (Å²) in [6, 6.07) is 0.